The summed E-state index contributed by atoms with van der Waals surface area (Å²) in [6.07, 6.45) is 3.29. The van der Waals surface area contributed by atoms with Crippen LogP contribution >= 0.6 is 11.6 Å². The molecule has 0 amide bonds. The van der Waals surface area contributed by atoms with Gasteiger partial charge in [-0.2, -0.15) is 18.3 Å². The standard InChI is InChI=1S/C26H27ClF3N9O3/c1-16(13-38-15-33-36-37-38)42-22-10-17(2-3-20(22)27)18-11-31-24(32-12-18)34-21-14-39(35-23(21)26(28,29)30)19-4-6-25(7-5-19)40-8-9-41-25/h2-3,10-12,14-16,19H,4-9,13H2,1H3,(H,31,32,34)/t16-/m0/s1. The van der Waals surface area contributed by atoms with Crippen molar-refractivity contribution in [2.24, 2.45) is 0 Å². The van der Waals surface area contributed by atoms with Crippen LogP contribution in [-0.2, 0) is 22.2 Å². The highest BCUT2D eigenvalue weighted by Crippen LogP contribution is 2.42. The van der Waals surface area contributed by atoms with Crippen molar-refractivity contribution in [3.63, 3.8) is 0 Å². The smallest absolute Gasteiger partial charge is 0.437 e. The van der Waals surface area contributed by atoms with Gasteiger partial charge in [0.1, 0.15) is 18.2 Å². The number of benzene rings is 1. The molecule has 12 nitrogen and oxygen atoms in total. The first-order valence-electron chi connectivity index (χ1n) is 13.4. The maximum Gasteiger partial charge on any atom is 0.437 e. The molecule has 1 aliphatic carbocycles. The molecule has 1 atom stereocenters. The quantitative estimate of drug-likeness (QED) is 0.291. The molecular weight excluding hydrogens is 579 g/mol. The highest BCUT2D eigenvalue weighted by Gasteiger charge is 2.42. The van der Waals surface area contributed by atoms with Crippen molar-refractivity contribution in [1.82, 2.24) is 40.0 Å². The van der Waals surface area contributed by atoms with Crippen LogP contribution < -0.4 is 10.1 Å². The van der Waals surface area contributed by atoms with Gasteiger partial charge in [-0.3, -0.25) is 4.68 Å². The molecule has 2 fully saturated rings. The largest absolute Gasteiger partial charge is 0.487 e. The molecule has 1 saturated carbocycles. The third-order valence-corrected chi connectivity index (χ3v) is 7.54. The predicted molar refractivity (Wildman–Crippen MR) is 143 cm³/mol. The summed E-state index contributed by atoms with van der Waals surface area (Å²) in [7, 11) is 0. The molecule has 6 rings (SSSR count). The van der Waals surface area contributed by atoms with E-state index in [1.54, 1.807) is 22.9 Å². The monoisotopic (exact) mass is 605 g/mol. The third kappa shape index (κ3) is 6.17. The van der Waals surface area contributed by atoms with E-state index < -0.39 is 17.7 Å². The molecule has 1 saturated heterocycles. The van der Waals surface area contributed by atoms with Crippen molar-refractivity contribution >= 4 is 23.2 Å². The minimum Gasteiger partial charge on any atom is -0.487 e. The summed E-state index contributed by atoms with van der Waals surface area (Å²) in [5, 5.41) is 18.0. The molecule has 222 valence electrons. The molecule has 1 N–H and O–H groups in total. The Morgan fingerprint density at radius 2 is 1.88 bits per heavy atom. The van der Waals surface area contributed by atoms with Crippen LogP contribution in [0.15, 0.2) is 43.1 Å². The number of nitrogens with one attached hydrogen (secondary N) is 1. The molecule has 3 aromatic heterocycles. The number of hydrogen-bond donors (Lipinski definition) is 1. The summed E-state index contributed by atoms with van der Waals surface area (Å²) in [6, 6.07) is 4.99. The second-order valence-corrected chi connectivity index (χ2v) is 10.6. The van der Waals surface area contributed by atoms with E-state index in [9.17, 15) is 13.2 Å². The molecule has 4 heterocycles. The first kappa shape index (κ1) is 28.3. The van der Waals surface area contributed by atoms with E-state index in [0.717, 1.165) is 0 Å². The van der Waals surface area contributed by atoms with Gasteiger partial charge in [0.2, 0.25) is 5.95 Å². The lowest BCUT2D eigenvalue weighted by molar-refractivity contribution is -0.182. The van der Waals surface area contributed by atoms with Gasteiger partial charge in [0, 0.05) is 37.0 Å². The number of rotatable bonds is 8. The van der Waals surface area contributed by atoms with E-state index in [1.165, 1.54) is 29.6 Å². The van der Waals surface area contributed by atoms with Crippen LogP contribution in [0.1, 0.15) is 44.3 Å². The van der Waals surface area contributed by atoms with Crippen molar-refractivity contribution in [1.29, 1.82) is 0 Å². The van der Waals surface area contributed by atoms with Crippen molar-refractivity contribution in [2.75, 3.05) is 18.5 Å². The lowest BCUT2D eigenvalue weighted by atomic mass is 9.90. The normalized spacial score (nSPS) is 17.9. The van der Waals surface area contributed by atoms with Gasteiger partial charge < -0.3 is 19.5 Å². The summed E-state index contributed by atoms with van der Waals surface area (Å²) in [4.78, 5) is 8.49. The molecule has 1 aromatic carbocycles. The number of alkyl halides is 3. The van der Waals surface area contributed by atoms with E-state index >= 15 is 0 Å². The van der Waals surface area contributed by atoms with E-state index in [1.807, 2.05) is 6.92 Å². The van der Waals surface area contributed by atoms with Crippen LogP contribution in [0.4, 0.5) is 24.8 Å². The lowest BCUT2D eigenvalue weighted by Crippen LogP contribution is -2.36. The Labute approximate surface area is 243 Å². The first-order chi connectivity index (χ1) is 20.2. The topological polar surface area (TPSA) is 127 Å². The van der Waals surface area contributed by atoms with E-state index in [4.69, 9.17) is 25.8 Å². The fourth-order valence-corrected chi connectivity index (χ4v) is 5.35. The zero-order valence-electron chi connectivity index (χ0n) is 22.5. The van der Waals surface area contributed by atoms with Gasteiger partial charge in [0.05, 0.1) is 36.5 Å². The van der Waals surface area contributed by atoms with Gasteiger partial charge in [0.15, 0.2) is 11.5 Å². The Balaban J connectivity index is 1.15. The molecule has 42 heavy (non-hydrogen) atoms. The molecule has 4 aromatic rings. The Morgan fingerprint density at radius 3 is 2.55 bits per heavy atom. The Morgan fingerprint density at radius 1 is 1.14 bits per heavy atom. The molecule has 1 aliphatic heterocycles. The van der Waals surface area contributed by atoms with Crippen LogP contribution in [0.5, 0.6) is 5.75 Å². The molecular formula is C26H27ClF3N9O3. The van der Waals surface area contributed by atoms with Gasteiger partial charge in [-0.25, -0.2) is 14.6 Å². The number of aromatic nitrogens is 8. The summed E-state index contributed by atoms with van der Waals surface area (Å²) < 4.78 is 62.0. The number of halogens is 4. The molecule has 16 heteroatoms. The van der Waals surface area contributed by atoms with Crippen molar-refractivity contribution in [3.8, 4) is 16.9 Å². The number of nitrogens with zero attached hydrogens (tertiary/aromatic N) is 8. The SMILES string of the molecule is C[C@@H](Cn1cnnn1)Oc1cc(-c2cnc(Nc3cn(C4CCC5(CC4)OCCO5)nc3C(F)(F)F)nc2)ccc1Cl. The van der Waals surface area contributed by atoms with E-state index in [2.05, 4.69) is 35.9 Å². The van der Waals surface area contributed by atoms with Crippen molar-refractivity contribution < 1.29 is 27.4 Å². The molecule has 0 bridgehead atoms. The van der Waals surface area contributed by atoms with Crippen molar-refractivity contribution in [2.45, 2.75) is 63.3 Å². The Bertz CT molecular complexity index is 1500. The van der Waals surface area contributed by atoms with Crippen LogP contribution in [-0.4, -0.2) is 65.1 Å². The summed E-state index contributed by atoms with van der Waals surface area (Å²) in [5.41, 5.74) is 0.0841. The number of anilines is 2. The number of hydrogen-bond acceptors (Lipinski definition) is 10. The molecule has 0 radical (unpaired) electrons. The third-order valence-electron chi connectivity index (χ3n) is 7.23. The summed E-state index contributed by atoms with van der Waals surface area (Å²) >= 11 is 6.34. The second kappa shape index (κ2) is 11.5. The number of ether oxygens (including phenoxy) is 3. The Kier molecular flexibility index (Phi) is 7.72. The van der Waals surface area contributed by atoms with Gasteiger partial charge in [-0.15, -0.1) is 5.10 Å². The van der Waals surface area contributed by atoms with Crippen LogP contribution in [0.2, 0.25) is 5.02 Å². The fourth-order valence-electron chi connectivity index (χ4n) is 5.19. The fraction of sp³-hybridized carbons (Fsp3) is 0.462. The average Bonchev–Trinajstić information content (AvgIpc) is 3.73. The van der Waals surface area contributed by atoms with Gasteiger partial charge in [0.25, 0.3) is 0 Å². The van der Waals surface area contributed by atoms with Crippen LogP contribution in [0, 0.1) is 0 Å². The second-order valence-electron chi connectivity index (χ2n) is 10.2. The van der Waals surface area contributed by atoms with E-state index in [0.29, 0.717) is 67.3 Å². The minimum atomic E-state index is -4.66. The van der Waals surface area contributed by atoms with Crippen LogP contribution in [0.25, 0.3) is 11.1 Å². The Hall–Kier alpha value is -3.82. The van der Waals surface area contributed by atoms with E-state index in [-0.39, 0.29) is 23.8 Å². The summed E-state index contributed by atoms with van der Waals surface area (Å²) in [6.45, 7) is 3.34. The predicted octanol–water partition coefficient (Wildman–Crippen LogP) is 5.07. The first-order valence-corrected chi connectivity index (χ1v) is 13.8. The lowest BCUT2D eigenvalue weighted by Gasteiger charge is -2.35. The maximum absolute atomic E-state index is 13.9. The maximum atomic E-state index is 13.9. The van der Waals surface area contributed by atoms with Gasteiger partial charge in [-0.1, -0.05) is 17.7 Å². The molecule has 0 unspecified atom stereocenters. The molecule has 2 aliphatic rings. The van der Waals surface area contributed by atoms with Gasteiger partial charge >= 0.3 is 6.18 Å². The zero-order chi connectivity index (χ0) is 29.3. The number of tetrazole rings is 1. The highest BCUT2D eigenvalue weighted by molar-refractivity contribution is 6.32. The highest BCUT2D eigenvalue weighted by atomic mass is 35.5. The minimum absolute atomic E-state index is 0.000321. The van der Waals surface area contributed by atoms with Crippen LogP contribution in [0.3, 0.4) is 0 Å². The average molecular weight is 606 g/mol. The van der Waals surface area contributed by atoms with Crippen molar-refractivity contribution in [3.05, 3.63) is 53.8 Å². The van der Waals surface area contributed by atoms with Gasteiger partial charge in [-0.05, 0) is 47.9 Å². The molecule has 1 spiro atoms. The summed E-state index contributed by atoms with van der Waals surface area (Å²) in [5.74, 6) is -0.170. The zero-order valence-corrected chi connectivity index (χ0v) is 23.2.